The molecule has 1 aliphatic rings. The molecule has 2 amide bonds. The fourth-order valence-corrected chi connectivity index (χ4v) is 4.06. The summed E-state index contributed by atoms with van der Waals surface area (Å²) in [5.41, 5.74) is 1.83. The summed E-state index contributed by atoms with van der Waals surface area (Å²) >= 11 is 4.90. The molecule has 10 heteroatoms. The highest BCUT2D eigenvalue weighted by Crippen LogP contribution is 2.35. The van der Waals surface area contributed by atoms with Crippen LogP contribution in [-0.4, -0.2) is 21.6 Å². The molecule has 0 saturated carbocycles. The highest BCUT2D eigenvalue weighted by atomic mass is 79.9. The molecule has 3 aromatic rings. The van der Waals surface area contributed by atoms with E-state index in [1.54, 1.807) is 42.3 Å². The number of thioether (sulfide) groups is 1. The molecule has 1 aliphatic heterocycles. The Bertz CT molecular complexity index is 979. The molecule has 140 valence electrons. The van der Waals surface area contributed by atoms with E-state index in [0.717, 1.165) is 22.8 Å². The fraction of sp³-hybridized carbons (Fsp3) is 0.235. The number of amides is 2. The van der Waals surface area contributed by atoms with Gasteiger partial charge < -0.3 is 19.5 Å². The Labute approximate surface area is 166 Å². The van der Waals surface area contributed by atoms with Gasteiger partial charge in [-0.05, 0) is 40.2 Å². The fourth-order valence-electron chi connectivity index (χ4n) is 2.72. The van der Waals surface area contributed by atoms with E-state index in [1.807, 2.05) is 0 Å². The molecule has 8 nitrogen and oxygen atoms in total. The van der Waals surface area contributed by atoms with E-state index in [-0.39, 0.29) is 18.2 Å². The van der Waals surface area contributed by atoms with Gasteiger partial charge in [0.25, 0.3) is 5.91 Å². The van der Waals surface area contributed by atoms with Crippen molar-refractivity contribution >= 4 is 45.3 Å². The van der Waals surface area contributed by atoms with Gasteiger partial charge in [-0.15, -0.1) is 0 Å². The van der Waals surface area contributed by atoms with Gasteiger partial charge >= 0.3 is 0 Å². The van der Waals surface area contributed by atoms with Crippen LogP contribution in [0.3, 0.4) is 0 Å². The van der Waals surface area contributed by atoms with E-state index < -0.39 is 5.91 Å². The number of hydrogen-bond acceptors (Lipinski definition) is 6. The average Bonchev–Trinajstić information content (AvgIpc) is 3.40. The summed E-state index contributed by atoms with van der Waals surface area (Å²) in [6.45, 7) is 0.292. The summed E-state index contributed by atoms with van der Waals surface area (Å²) in [6, 6.07) is 6.77. The summed E-state index contributed by atoms with van der Waals surface area (Å²) in [7, 11) is 0. The molecule has 0 bridgehead atoms. The molecule has 0 aliphatic carbocycles. The van der Waals surface area contributed by atoms with Gasteiger partial charge in [0.1, 0.15) is 18.1 Å². The number of aromatic nitrogens is 2. The molecule has 0 fully saturated rings. The number of fused-ring (bicyclic) bond motifs is 1. The Hall–Kier alpha value is -2.46. The van der Waals surface area contributed by atoms with Crippen molar-refractivity contribution in [1.82, 2.24) is 15.1 Å². The second kappa shape index (κ2) is 7.65. The van der Waals surface area contributed by atoms with Crippen molar-refractivity contribution < 1.29 is 18.4 Å². The number of carbonyl (C=O) groups excluding carboxylic acids is 2. The lowest BCUT2D eigenvalue weighted by Crippen LogP contribution is -2.28. The van der Waals surface area contributed by atoms with E-state index in [1.165, 1.54) is 4.68 Å². The van der Waals surface area contributed by atoms with E-state index in [4.69, 9.17) is 8.83 Å². The summed E-state index contributed by atoms with van der Waals surface area (Å²) in [5, 5.41) is 10.1. The Kier molecular flexibility index (Phi) is 5.08. The van der Waals surface area contributed by atoms with Crippen LogP contribution >= 0.6 is 27.7 Å². The zero-order valence-electron chi connectivity index (χ0n) is 14.0. The van der Waals surface area contributed by atoms with Gasteiger partial charge in [0.2, 0.25) is 5.91 Å². The van der Waals surface area contributed by atoms with Crippen LogP contribution in [-0.2, 0) is 29.4 Å². The van der Waals surface area contributed by atoms with Crippen molar-refractivity contribution in [1.29, 1.82) is 0 Å². The minimum absolute atomic E-state index is 0.00413. The quantitative estimate of drug-likeness (QED) is 0.597. The van der Waals surface area contributed by atoms with Crippen molar-refractivity contribution in [2.24, 2.45) is 0 Å². The van der Waals surface area contributed by atoms with E-state index in [2.05, 4.69) is 31.7 Å². The third-order valence-electron chi connectivity index (χ3n) is 3.98. The lowest BCUT2D eigenvalue weighted by atomic mass is 10.2. The molecule has 4 heterocycles. The number of nitrogens with one attached hydrogen (secondary N) is 2. The molecule has 0 spiro atoms. The normalized spacial score (nSPS) is 12.8. The van der Waals surface area contributed by atoms with Crippen molar-refractivity contribution in [3.05, 3.63) is 58.0 Å². The van der Waals surface area contributed by atoms with Crippen molar-refractivity contribution in [3.8, 4) is 0 Å². The van der Waals surface area contributed by atoms with Crippen LogP contribution in [0.15, 0.2) is 44.0 Å². The minimum Gasteiger partial charge on any atom is -0.467 e. The average molecular weight is 451 g/mol. The first kappa shape index (κ1) is 17.9. The number of rotatable bonds is 6. The lowest BCUT2D eigenvalue weighted by molar-refractivity contribution is -0.122. The Morgan fingerprint density at radius 3 is 2.93 bits per heavy atom. The Morgan fingerprint density at radius 1 is 1.30 bits per heavy atom. The molecule has 0 saturated heterocycles. The minimum atomic E-state index is -0.391. The monoisotopic (exact) mass is 450 g/mol. The molecule has 0 aromatic carbocycles. The van der Waals surface area contributed by atoms with Crippen molar-refractivity contribution in [2.45, 2.75) is 24.6 Å². The maximum atomic E-state index is 12.5. The highest BCUT2D eigenvalue weighted by Gasteiger charge is 2.26. The molecular formula is C17H15BrN4O4S. The second-order valence-electron chi connectivity index (χ2n) is 5.84. The summed E-state index contributed by atoms with van der Waals surface area (Å²) in [5.74, 6) is 2.25. The van der Waals surface area contributed by atoms with Crippen LogP contribution in [0.4, 0.5) is 5.82 Å². The predicted octanol–water partition coefficient (Wildman–Crippen LogP) is 3.15. The first-order chi connectivity index (χ1) is 13.1. The van der Waals surface area contributed by atoms with Crippen molar-refractivity contribution in [3.63, 3.8) is 0 Å². The highest BCUT2D eigenvalue weighted by molar-refractivity contribution is 9.10. The molecule has 4 rings (SSSR count). The van der Waals surface area contributed by atoms with Gasteiger partial charge in [0.15, 0.2) is 10.4 Å². The topological polar surface area (TPSA) is 102 Å². The molecule has 0 unspecified atom stereocenters. The van der Waals surface area contributed by atoms with Gasteiger partial charge in [-0.3, -0.25) is 9.59 Å². The van der Waals surface area contributed by atoms with Crippen LogP contribution in [0.2, 0.25) is 0 Å². The van der Waals surface area contributed by atoms with Gasteiger partial charge in [-0.2, -0.15) is 16.9 Å². The maximum Gasteiger partial charge on any atom is 0.292 e. The zero-order chi connectivity index (χ0) is 18.8. The van der Waals surface area contributed by atoms with Crippen LogP contribution in [0, 0.1) is 0 Å². The molecule has 27 heavy (non-hydrogen) atoms. The predicted molar refractivity (Wildman–Crippen MR) is 102 cm³/mol. The second-order valence-corrected chi connectivity index (χ2v) is 7.61. The smallest absolute Gasteiger partial charge is 0.292 e. The van der Waals surface area contributed by atoms with Crippen LogP contribution in [0.5, 0.6) is 0 Å². The molecule has 3 aromatic heterocycles. The van der Waals surface area contributed by atoms with E-state index >= 15 is 0 Å². The van der Waals surface area contributed by atoms with Gasteiger partial charge in [-0.1, -0.05) is 0 Å². The van der Waals surface area contributed by atoms with Crippen LogP contribution in [0.1, 0.15) is 27.6 Å². The largest absolute Gasteiger partial charge is 0.467 e. The number of halogens is 1. The number of nitrogens with zero attached hydrogens (tertiary/aromatic N) is 2. The number of hydrogen-bond donors (Lipinski definition) is 2. The Balaban J connectivity index is 1.49. The number of furan rings is 2. The summed E-state index contributed by atoms with van der Waals surface area (Å²) in [4.78, 5) is 24.7. The maximum absolute atomic E-state index is 12.5. The van der Waals surface area contributed by atoms with Crippen LogP contribution < -0.4 is 10.6 Å². The van der Waals surface area contributed by atoms with Gasteiger partial charge in [-0.25, -0.2) is 4.68 Å². The summed E-state index contributed by atoms with van der Waals surface area (Å²) < 4.78 is 12.5. The Morgan fingerprint density at radius 2 is 2.19 bits per heavy atom. The lowest BCUT2D eigenvalue weighted by Gasteiger charge is -2.10. The first-order valence-electron chi connectivity index (χ1n) is 8.12. The third kappa shape index (κ3) is 3.96. The summed E-state index contributed by atoms with van der Waals surface area (Å²) in [6.07, 6.45) is 1.55. The standard InChI is InChI=1S/C17H15BrN4O4S/c18-14-4-3-13(26-14)17(24)20-16-11-8-27-9-12(11)21-22(16)7-15(23)19-6-10-2-1-5-25-10/h1-5H,6-9H2,(H,19,23)(H,20,24). The first-order valence-corrected chi connectivity index (χ1v) is 10.1. The van der Waals surface area contributed by atoms with Gasteiger partial charge in [0.05, 0.1) is 18.5 Å². The molecule has 2 N–H and O–H groups in total. The van der Waals surface area contributed by atoms with Gasteiger partial charge in [0, 0.05) is 17.1 Å². The molecule has 0 radical (unpaired) electrons. The van der Waals surface area contributed by atoms with Crippen molar-refractivity contribution in [2.75, 3.05) is 5.32 Å². The van der Waals surface area contributed by atoms with E-state index in [9.17, 15) is 9.59 Å². The number of anilines is 1. The third-order valence-corrected chi connectivity index (χ3v) is 5.38. The van der Waals surface area contributed by atoms with E-state index in [0.29, 0.717) is 22.8 Å². The van der Waals surface area contributed by atoms with Crippen LogP contribution in [0.25, 0.3) is 0 Å². The molecular weight excluding hydrogens is 436 g/mol. The molecule has 0 atom stereocenters. The SMILES string of the molecule is O=C(Cn1nc2c(c1NC(=O)c1ccc(Br)o1)CSC2)NCc1ccco1. The number of carbonyl (C=O) groups is 2. The zero-order valence-corrected chi connectivity index (χ0v) is 16.4.